The molecule has 0 saturated heterocycles. The van der Waals surface area contributed by atoms with E-state index in [-0.39, 0.29) is 29.6 Å². The van der Waals surface area contributed by atoms with Crippen LogP contribution in [-0.4, -0.2) is 35.2 Å². The number of hydrogen-bond acceptors (Lipinski definition) is 3. The molecule has 0 bridgehead atoms. The van der Waals surface area contributed by atoms with Crippen molar-refractivity contribution >= 4 is 40.8 Å². The SMILES string of the molecule is O=C(O)CCN(CC(=O)O)c1c(Cl)cccc1Cl. The Balaban J connectivity index is 3.00. The lowest BCUT2D eigenvalue weighted by Gasteiger charge is -2.24. The molecule has 2 N–H and O–H groups in total. The summed E-state index contributed by atoms with van der Waals surface area (Å²) in [6, 6.07) is 4.76. The number of benzene rings is 1. The number of carbonyl (C=O) groups is 2. The highest BCUT2D eigenvalue weighted by atomic mass is 35.5. The lowest BCUT2D eigenvalue weighted by Crippen LogP contribution is -2.32. The van der Waals surface area contributed by atoms with Gasteiger partial charge in [0.05, 0.1) is 22.2 Å². The van der Waals surface area contributed by atoms with Gasteiger partial charge in [-0.1, -0.05) is 29.3 Å². The zero-order valence-electron chi connectivity index (χ0n) is 9.27. The van der Waals surface area contributed by atoms with Crippen LogP contribution in [0.1, 0.15) is 6.42 Å². The van der Waals surface area contributed by atoms with Crippen LogP contribution in [0.15, 0.2) is 18.2 Å². The first kappa shape index (κ1) is 14.6. The van der Waals surface area contributed by atoms with Crippen molar-refractivity contribution in [3.05, 3.63) is 28.2 Å². The minimum atomic E-state index is -1.09. The van der Waals surface area contributed by atoms with Gasteiger partial charge in [0.1, 0.15) is 6.54 Å². The van der Waals surface area contributed by atoms with Gasteiger partial charge < -0.3 is 15.1 Å². The van der Waals surface area contributed by atoms with Gasteiger partial charge in [-0.25, -0.2) is 0 Å². The predicted octanol–water partition coefficient (Wildman–Crippen LogP) is 2.36. The number of anilines is 1. The molecule has 0 fully saturated rings. The van der Waals surface area contributed by atoms with Crippen LogP contribution in [0.4, 0.5) is 5.69 Å². The first-order valence-corrected chi connectivity index (χ1v) is 5.80. The summed E-state index contributed by atoms with van der Waals surface area (Å²) < 4.78 is 0. The number of halogens is 2. The van der Waals surface area contributed by atoms with Gasteiger partial charge in [-0.15, -0.1) is 0 Å². The highest BCUT2D eigenvalue weighted by Gasteiger charge is 2.17. The first-order valence-electron chi connectivity index (χ1n) is 5.04. The number of carboxylic acid groups (broad SMARTS) is 2. The van der Waals surface area contributed by atoms with E-state index in [9.17, 15) is 9.59 Å². The Morgan fingerprint density at radius 2 is 1.67 bits per heavy atom. The third kappa shape index (κ3) is 4.09. The molecule has 0 aliphatic rings. The Morgan fingerprint density at radius 3 is 2.11 bits per heavy atom. The lowest BCUT2D eigenvalue weighted by molar-refractivity contribution is -0.138. The van der Waals surface area contributed by atoms with Crippen LogP contribution >= 0.6 is 23.2 Å². The summed E-state index contributed by atoms with van der Waals surface area (Å²) in [7, 11) is 0. The quantitative estimate of drug-likeness (QED) is 0.841. The van der Waals surface area contributed by atoms with Crippen molar-refractivity contribution in [1.29, 1.82) is 0 Å². The Labute approximate surface area is 114 Å². The molecule has 0 atom stereocenters. The second-order valence-electron chi connectivity index (χ2n) is 3.53. The molecule has 0 aliphatic heterocycles. The molecule has 98 valence electrons. The molecule has 0 heterocycles. The van der Waals surface area contributed by atoms with E-state index in [1.165, 1.54) is 4.90 Å². The highest BCUT2D eigenvalue weighted by molar-refractivity contribution is 6.39. The van der Waals surface area contributed by atoms with Gasteiger partial charge in [0, 0.05) is 6.54 Å². The summed E-state index contributed by atoms with van der Waals surface area (Å²) in [5.41, 5.74) is 0.337. The van der Waals surface area contributed by atoms with Crippen molar-refractivity contribution in [2.45, 2.75) is 6.42 Å². The lowest BCUT2D eigenvalue weighted by atomic mass is 10.2. The molecular formula is C11H11Cl2NO4. The second-order valence-corrected chi connectivity index (χ2v) is 4.34. The molecule has 5 nitrogen and oxygen atoms in total. The van der Waals surface area contributed by atoms with E-state index in [0.29, 0.717) is 5.69 Å². The summed E-state index contributed by atoms with van der Waals surface area (Å²) in [6.07, 6.45) is -0.200. The van der Waals surface area contributed by atoms with E-state index < -0.39 is 11.9 Å². The number of nitrogens with zero attached hydrogens (tertiary/aromatic N) is 1. The average molecular weight is 292 g/mol. The molecular weight excluding hydrogens is 281 g/mol. The summed E-state index contributed by atoms with van der Waals surface area (Å²) in [5, 5.41) is 18.0. The van der Waals surface area contributed by atoms with Gasteiger partial charge in [-0.3, -0.25) is 9.59 Å². The Kier molecular flexibility index (Phi) is 5.25. The number of carboxylic acids is 2. The average Bonchev–Trinajstić information content (AvgIpc) is 2.24. The van der Waals surface area contributed by atoms with Crippen molar-refractivity contribution in [3.8, 4) is 0 Å². The van der Waals surface area contributed by atoms with Crippen LogP contribution in [0.25, 0.3) is 0 Å². The number of hydrogen-bond donors (Lipinski definition) is 2. The Morgan fingerprint density at radius 1 is 1.11 bits per heavy atom. The monoisotopic (exact) mass is 291 g/mol. The minimum Gasteiger partial charge on any atom is -0.481 e. The molecule has 18 heavy (non-hydrogen) atoms. The summed E-state index contributed by atoms with van der Waals surface area (Å²) in [6.45, 7) is -0.345. The van der Waals surface area contributed by atoms with Crippen molar-refractivity contribution < 1.29 is 19.8 Å². The van der Waals surface area contributed by atoms with E-state index >= 15 is 0 Å². The number of aliphatic carboxylic acids is 2. The van der Waals surface area contributed by atoms with Gasteiger partial charge in [0.15, 0.2) is 0 Å². The fraction of sp³-hybridized carbons (Fsp3) is 0.273. The normalized spacial score (nSPS) is 10.1. The topological polar surface area (TPSA) is 77.8 Å². The third-order valence-electron chi connectivity index (χ3n) is 2.18. The van der Waals surface area contributed by atoms with Gasteiger partial charge >= 0.3 is 11.9 Å². The molecule has 0 aromatic heterocycles. The summed E-state index contributed by atoms with van der Waals surface area (Å²) in [4.78, 5) is 22.7. The van der Waals surface area contributed by atoms with Crippen LogP contribution in [-0.2, 0) is 9.59 Å². The van der Waals surface area contributed by atoms with Crippen LogP contribution in [0.2, 0.25) is 10.0 Å². The van der Waals surface area contributed by atoms with E-state index in [2.05, 4.69) is 0 Å². The molecule has 0 saturated carbocycles. The van der Waals surface area contributed by atoms with Crippen molar-refractivity contribution in [1.82, 2.24) is 0 Å². The Bertz CT molecular complexity index is 444. The van der Waals surface area contributed by atoms with E-state index in [1.807, 2.05) is 0 Å². The molecule has 0 spiro atoms. The van der Waals surface area contributed by atoms with Crippen LogP contribution in [0.5, 0.6) is 0 Å². The summed E-state index contributed by atoms with van der Waals surface area (Å²) in [5.74, 6) is -2.11. The molecule has 7 heteroatoms. The van der Waals surface area contributed by atoms with Gasteiger partial charge in [-0.2, -0.15) is 0 Å². The minimum absolute atomic E-state index is 0.0189. The highest BCUT2D eigenvalue weighted by Crippen LogP contribution is 2.33. The molecule has 1 aromatic carbocycles. The van der Waals surface area contributed by atoms with E-state index in [0.717, 1.165) is 0 Å². The standard InChI is InChI=1S/C11H11Cl2NO4/c12-7-2-1-3-8(13)11(7)14(6-10(17)18)5-4-9(15)16/h1-3H,4-6H2,(H,15,16)(H,17,18). The number of para-hydroxylation sites is 1. The molecule has 0 aliphatic carbocycles. The Hall–Kier alpha value is -1.46. The van der Waals surface area contributed by atoms with E-state index in [1.54, 1.807) is 18.2 Å². The zero-order chi connectivity index (χ0) is 13.7. The van der Waals surface area contributed by atoms with Crippen LogP contribution in [0.3, 0.4) is 0 Å². The van der Waals surface area contributed by atoms with Crippen molar-refractivity contribution in [2.24, 2.45) is 0 Å². The summed E-state index contributed by atoms with van der Waals surface area (Å²) >= 11 is 11.9. The van der Waals surface area contributed by atoms with Gasteiger partial charge in [0.25, 0.3) is 0 Å². The first-order chi connectivity index (χ1) is 8.41. The zero-order valence-corrected chi connectivity index (χ0v) is 10.8. The molecule has 1 rings (SSSR count). The maximum absolute atomic E-state index is 10.8. The smallest absolute Gasteiger partial charge is 0.323 e. The molecule has 0 unspecified atom stereocenters. The maximum atomic E-state index is 10.8. The second kappa shape index (κ2) is 6.47. The fourth-order valence-corrected chi connectivity index (χ4v) is 2.09. The van der Waals surface area contributed by atoms with Crippen LogP contribution in [0, 0.1) is 0 Å². The van der Waals surface area contributed by atoms with Crippen molar-refractivity contribution in [3.63, 3.8) is 0 Å². The van der Waals surface area contributed by atoms with Crippen molar-refractivity contribution in [2.75, 3.05) is 18.0 Å². The predicted molar refractivity (Wildman–Crippen MR) is 68.6 cm³/mol. The van der Waals surface area contributed by atoms with E-state index in [4.69, 9.17) is 33.4 Å². The molecule has 0 radical (unpaired) electrons. The third-order valence-corrected chi connectivity index (χ3v) is 2.79. The largest absolute Gasteiger partial charge is 0.481 e. The van der Waals surface area contributed by atoms with Gasteiger partial charge in [0.2, 0.25) is 0 Å². The molecule has 0 amide bonds. The molecule has 1 aromatic rings. The number of rotatable bonds is 6. The van der Waals surface area contributed by atoms with Crippen LogP contribution < -0.4 is 4.90 Å². The van der Waals surface area contributed by atoms with Gasteiger partial charge in [-0.05, 0) is 12.1 Å². The fourth-order valence-electron chi connectivity index (χ4n) is 1.45. The maximum Gasteiger partial charge on any atom is 0.323 e.